The van der Waals surface area contributed by atoms with Crippen molar-refractivity contribution in [3.05, 3.63) is 65.0 Å². The Kier molecular flexibility index (Phi) is 4.70. The molecular weight excluding hydrogens is 385 g/mol. The number of aromatic amines is 1. The maximum Gasteiger partial charge on any atom is 0.323 e. The molecule has 0 radical (unpaired) electrons. The number of pyridine rings is 1. The number of carbonyl (C=O) groups is 2. The van der Waals surface area contributed by atoms with Gasteiger partial charge < -0.3 is 20.9 Å². The molecule has 0 unspecified atom stereocenters. The van der Waals surface area contributed by atoms with Crippen LogP contribution in [0.15, 0.2) is 42.7 Å². The maximum absolute atomic E-state index is 13.8. The van der Waals surface area contributed by atoms with E-state index in [0.29, 0.717) is 46.4 Å². The van der Waals surface area contributed by atoms with Gasteiger partial charge in [-0.2, -0.15) is 0 Å². The van der Waals surface area contributed by atoms with Crippen LogP contribution in [-0.4, -0.2) is 28.5 Å². The summed E-state index contributed by atoms with van der Waals surface area (Å²) >= 11 is 5.80. The van der Waals surface area contributed by atoms with Gasteiger partial charge >= 0.3 is 6.03 Å². The Hall–Kier alpha value is -3.39. The zero-order valence-electron chi connectivity index (χ0n) is 14.5. The van der Waals surface area contributed by atoms with Gasteiger partial charge in [0.2, 0.25) is 0 Å². The summed E-state index contributed by atoms with van der Waals surface area (Å²) in [6.45, 7) is 0.396. The van der Waals surface area contributed by atoms with Crippen LogP contribution in [0.2, 0.25) is 5.15 Å². The highest BCUT2D eigenvalue weighted by Crippen LogP contribution is 2.32. The quantitative estimate of drug-likeness (QED) is 0.495. The van der Waals surface area contributed by atoms with E-state index < -0.39 is 11.8 Å². The molecule has 0 aliphatic carbocycles. The van der Waals surface area contributed by atoms with Crippen molar-refractivity contribution in [2.75, 3.05) is 11.9 Å². The number of anilines is 1. The SMILES string of the molecule is O=C(N/C=C1\CCNC(=O)c2[nH]c3ccc(F)cc3c21)Nc1ccnc(Cl)c1. The molecular formula is C19H15ClFN5O2. The van der Waals surface area contributed by atoms with Crippen LogP contribution in [0.4, 0.5) is 14.9 Å². The molecule has 3 heterocycles. The number of benzene rings is 1. The Morgan fingerprint density at radius 3 is 2.96 bits per heavy atom. The fraction of sp³-hybridized carbons (Fsp3) is 0.105. The first-order valence-corrected chi connectivity index (χ1v) is 8.87. The molecule has 7 nitrogen and oxygen atoms in total. The average molecular weight is 400 g/mol. The number of aromatic nitrogens is 2. The second-order valence-corrected chi connectivity index (χ2v) is 6.59. The lowest BCUT2D eigenvalue weighted by Crippen LogP contribution is -2.24. The lowest BCUT2D eigenvalue weighted by atomic mass is 10.0. The monoisotopic (exact) mass is 399 g/mol. The van der Waals surface area contributed by atoms with Crippen molar-refractivity contribution < 1.29 is 14.0 Å². The Balaban J connectivity index is 1.65. The van der Waals surface area contributed by atoms with Gasteiger partial charge in [0.25, 0.3) is 5.91 Å². The summed E-state index contributed by atoms with van der Waals surface area (Å²) in [5, 5.41) is 8.92. The van der Waals surface area contributed by atoms with Crippen molar-refractivity contribution in [3.63, 3.8) is 0 Å². The summed E-state index contributed by atoms with van der Waals surface area (Å²) in [4.78, 5) is 31.4. The summed E-state index contributed by atoms with van der Waals surface area (Å²) in [6.07, 6.45) is 3.48. The summed E-state index contributed by atoms with van der Waals surface area (Å²) in [5.74, 6) is -0.676. The zero-order chi connectivity index (χ0) is 19.7. The number of carbonyl (C=O) groups excluding carboxylic acids is 2. The normalized spacial score (nSPS) is 15.1. The Morgan fingerprint density at radius 2 is 2.14 bits per heavy atom. The van der Waals surface area contributed by atoms with Gasteiger partial charge in [-0.1, -0.05) is 11.6 Å². The van der Waals surface area contributed by atoms with Crippen molar-refractivity contribution in [1.29, 1.82) is 0 Å². The van der Waals surface area contributed by atoms with Gasteiger partial charge in [-0.05, 0) is 42.3 Å². The van der Waals surface area contributed by atoms with Gasteiger partial charge in [0.1, 0.15) is 16.7 Å². The Bertz CT molecular complexity index is 1120. The number of hydrogen-bond donors (Lipinski definition) is 4. The van der Waals surface area contributed by atoms with Crippen LogP contribution in [0.25, 0.3) is 16.5 Å². The van der Waals surface area contributed by atoms with Crippen LogP contribution >= 0.6 is 11.6 Å². The summed E-state index contributed by atoms with van der Waals surface area (Å²) in [5.41, 5.74) is 2.76. The first-order chi connectivity index (χ1) is 13.5. The molecule has 1 aliphatic heterocycles. The van der Waals surface area contributed by atoms with Crippen molar-refractivity contribution >= 4 is 45.7 Å². The average Bonchev–Trinajstić information content (AvgIpc) is 2.95. The van der Waals surface area contributed by atoms with E-state index in [2.05, 4.69) is 25.9 Å². The van der Waals surface area contributed by atoms with Crippen LogP contribution in [0, 0.1) is 5.82 Å². The number of urea groups is 1. The van der Waals surface area contributed by atoms with Gasteiger partial charge in [-0.25, -0.2) is 14.2 Å². The predicted octanol–water partition coefficient (Wildman–Crippen LogP) is 3.65. The molecule has 0 fully saturated rings. The minimum absolute atomic E-state index is 0.259. The highest BCUT2D eigenvalue weighted by Gasteiger charge is 2.24. The third kappa shape index (κ3) is 3.54. The first kappa shape index (κ1) is 18.0. The molecule has 0 bridgehead atoms. The number of halogens is 2. The fourth-order valence-electron chi connectivity index (χ4n) is 3.14. The number of nitrogens with zero attached hydrogens (tertiary/aromatic N) is 1. The Labute approximate surface area is 164 Å². The van der Waals surface area contributed by atoms with Crippen LogP contribution in [-0.2, 0) is 0 Å². The molecule has 4 N–H and O–H groups in total. The van der Waals surface area contributed by atoms with E-state index in [9.17, 15) is 14.0 Å². The topological polar surface area (TPSA) is 98.9 Å². The molecule has 1 aromatic carbocycles. The highest BCUT2D eigenvalue weighted by molar-refractivity contribution is 6.29. The fourth-order valence-corrected chi connectivity index (χ4v) is 3.31. The number of amides is 3. The van der Waals surface area contributed by atoms with Crippen molar-refractivity contribution in [3.8, 4) is 0 Å². The van der Waals surface area contributed by atoms with Crippen LogP contribution in [0.1, 0.15) is 22.5 Å². The summed E-state index contributed by atoms with van der Waals surface area (Å²) < 4.78 is 13.8. The standard InChI is InChI=1S/C19H15ClFN5O2/c20-15-8-12(4-6-22-15)25-19(28)24-9-10-3-5-23-18(27)17-16(10)13-7-11(21)1-2-14(13)26-17/h1-2,4,6-9,26H,3,5H2,(H,23,27)(H2,22,24,25,28)/b10-9+. The van der Waals surface area contributed by atoms with Gasteiger partial charge in [-0.3, -0.25) is 4.79 Å². The molecule has 2 aromatic heterocycles. The van der Waals surface area contributed by atoms with E-state index in [1.807, 2.05) is 0 Å². The molecule has 0 spiro atoms. The van der Waals surface area contributed by atoms with Crippen molar-refractivity contribution in [1.82, 2.24) is 20.6 Å². The zero-order valence-corrected chi connectivity index (χ0v) is 15.2. The molecule has 3 amide bonds. The van der Waals surface area contributed by atoms with Crippen LogP contribution < -0.4 is 16.0 Å². The van der Waals surface area contributed by atoms with Gasteiger partial charge in [-0.15, -0.1) is 0 Å². The van der Waals surface area contributed by atoms with E-state index in [1.165, 1.54) is 30.6 Å². The number of rotatable bonds is 2. The second kappa shape index (κ2) is 7.32. The highest BCUT2D eigenvalue weighted by atomic mass is 35.5. The first-order valence-electron chi connectivity index (χ1n) is 8.49. The lowest BCUT2D eigenvalue weighted by molar-refractivity contribution is 0.0952. The van der Waals surface area contributed by atoms with E-state index in [0.717, 1.165) is 0 Å². The smallest absolute Gasteiger partial charge is 0.323 e. The van der Waals surface area contributed by atoms with Gasteiger partial charge in [0.15, 0.2) is 0 Å². The predicted molar refractivity (Wildman–Crippen MR) is 105 cm³/mol. The van der Waals surface area contributed by atoms with Crippen molar-refractivity contribution in [2.24, 2.45) is 0 Å². The van der Waals surface area contributed by atoms with Crippen LogP contribution in [0.5, 0.6) is 0 Å². The number of hydrogen-bond acceptors (Lipinski definition) is 3. The number of nitrogens with one attached hydrogen (secondary N) is 4. The molecule has 9 heteroatoms. The molecule has 0 saturated heterocycles. The molecule has 0 atom stereocenters. The number of fused-ring (bicyclic) bond motifs is 3. The molecule has 1 aliphatic rings. The summed E-state index contributed by atoms with van der Waals surface area (Å²) in [6, 6.07) is 6.92. The summed E-state index contributed by atoms with van der Waals surface area (Å²) in [7, 11) is 0. The van der Waals surface area contributed by atoms with E-state index in [-0.39, 0.29) is 11.1 Å². The largest absolute Gasteiger partial charge is 0.350 e. The second-order valence-electron chi connectivity index (χ2n) is 6.21. The molecule has 28 heavy (non-hydrogen) atoms. The molecule has 4 rings (SSSR count). The third-order valence-corrected chi connectivity index (χ3v) is 4.56. The van der Waals surface area contributed by atoms with E-state index >= 15 is 0 Å². The van der Waals surface area contributed by atoms with Crippen LogP contribution in [0.3, 0.4) is 0 Å². The van der Waals surface area contributed by atoms with Gasteiger partial charge in [0, 0.05) is 41.1 Å². The van der Waals surface area contributed by atoms with Crippen molar-refractivity contribution in [2.45, 2.75) is 6.42 Å². The van der Waals surface area contributed by atoms with Gasteiger partial charge in [0.05, 0.1) is 0 Å². The van der Waals surface area contributed by atoms with E-state index in [4.69, 9.17) is 11.6 Å². The maximum atomic E-state index is 13.8. The Morgan fingerprint density at radius 1 is 1.29 bits per heavy atom. The molecule has 3 aromatic rings. The molecule has 0 saturated carbocycles. The number of H-pyrrole nitrogens is 1. The molecule has 142 valence electrons. The minimum Gasteiger partial charge on any atom is -0.350 e. The van der Waals surface area contributed by atoms with E-state index in [1.54, 1.807) is 12.1 Å². The lowest BCUT2D eigenvalue weighted by Gasteiger charge is -2.08. The minimum atomic E-state index is -0.481. The third-order valence-electron chi connectivity index (χ3n) is 4.35.